The first-order valence-corrected chi connectivity index (χ1v) is 21.5. The van der Waals surface area contributed by atoms with Crippen molar-refractivity contribution in [3.05, 3.63) is 77.9 Å². The Bertz CT molecular complexity index is 1680. The fraction of sp³-hybridized carbons (Fsp3) is 0.511. The summed E-state index contributed by atoms with van der Waals surface area (Å²) in [6.45, 7) is 5.11. The SMILES string of the molecule is CCCCCCCCCCCCCCCCCCNC(=O)c1cccc(SC2C(=O)N(c3ccc(NC(=O)c4cc(OC)cc(OC)c4)cc3)N=C2OCC)c1. The number of benzene rings is 3. The van der Waals surface area contributed by atoms with Crippen LogP contribution in [0.2, 0.25) is 0 Å². The highest BCUT2D eigenvalue weighted by Crippen LogP contribution is 2.33. The zero-order chi connectivity index (χ0) is 40.0. The maximum atomic E-state index is 13.7. The molecular formula is C45H62N4O6S. The molecule has 0 aliphatic carbocycles. The number of carbonyl (C=O) groups excluding carboxylic acids is 3. The third-order valence-corrected chi connectivity index (χ3v) is 11.0. The normalized spacial score (nSPS) is 13.7. The van der Waals surface area contributed by atoms with Gasteiger partial charge in [0, 0.05) is 34.3 Å². The first-order chi connectivity index (χ1) is 27.4. The minimum atomic E-state index is -0.721. The van der Waals surface area contributed by atoms with Crippen LogP contribution in [0.25, 0.3) is 0 Å². The second-order valence-corrected chi connectivity index (χ2v) is 15.4. The molecule has 1 aliphatic heterocycles. The molecule has 1 aliphatic rings. The number of hydrazone groups is 1. The van der Waals surface area contributed by atoms with E-state index in [2.05, 4.69) is 22.7 Å². The van der Waals surface area contributed by atoms with Crippen molar-refractivity contribution in [2.75, 3.05) is 37.7 Å². The lowest BCUT2D eigenvalue weighted by atomic mass is 10.0. The molecule has 1 unspecified atom stereocenters. The van der Waals surface area contributed by atoms with Crippen LogP contribution in [-0.2, 0) is 9.53 Å². The molecule has 11 heteroatoms. The predicted octanol–water partition coefficient (Wildman–Crippen LogP) is 10.8. The Kier molecular flexibility index (Phi) is 19.6. The van der Waals surface area contributed by atoms with Gasteiger partial charge in [-0.3, -0.25) is 14.4 Å². The molecule has 0 bridgehead atoms. The Hall–Kier alpha value is -4.51. The van der Waals surface area contributed by atoms with E-state index in [1.165, 1.54) is 121 Å². The molecule has 0 fully saturated rings. The van der Waals surface area contributed by atoms with Crippen LogP contribution in [0.1, 0.15) is 137 Å². The molecule has 10 nitrogen and oxygen atoms in total. The van der Waals surface area contributed by atoms with E-state index in [4.69, 9.17) is 14.2 Å². The van der Waals surface area contributed by atoms with Gasteiger partial charge in [-0.05, 0) is 67.9 Å². The average molecular weight is 787 g/mol. The molecule has 0 saturated heterocycles. The molecule has 56 heavy (non-hydrogen) atoms. The fourth-order valence-corrected chi connectivity index (χ4v) is 7.65. The third-order valence-electron chi connectivity index (χ3n) is 9.80. The highest BCUT2D eigenvalue weighted by molar-refractivity contribution is 8.01. The van der Waals surface area contributed by atoms with E-state index in [0.717, 1.165) is 17.7 Å². The highest BCUT2D eigenvalue weighted by Gasteiger charge is 2.39. The van der Waals surface area contributed by atoms with E-state index in [-0.39, 0.29) is 17.7 Å². The number of ether oxygens (including phenoxy) is 3. The minimum absolute atomic E-state index is 0.121. The molecular weight excluding hydrogens is 725 g/mol. The summed E-state index contributed by atoms with van der Waals surface area (Å²) in [5.74, 6) is 0.579. The van der Waals surface area contributed by atoms with Crippen LogP contribution in [0, 0.1) is 0 Å². The zero-order valence-corrected chi connectivity index (χ0v) is 34.7. The summed E-state index contributed by atoms with van der Waals surface area (Å²) in [7, 11) is 3.05. The van der Waals surface area contributed by atoms with Gasteiger partial charge in [0.15, 0.2) is 5.25 Å². The predicted molar refractivity (Wildman–Crippen MR) is 228 cm³/mol. The Labute approximate surface area is 338 Å². The maximum absolute atomic E-state index is 13.7. The van der Waals surface area contributed by atoms with Crippen LogP contribution in [-0.4, -0.2) is 56.2 Å². The Morgan fingerprint density at radius 3 is 1.82 bits per heavy atom. The van der Waals surface area contributed by atoms with Crippen molar-refractivity contribution in [2.24, 2.45) is 5.10 Å². The Morgan fingerprint density at radius 2 is 1.27 bits per heavy atom. The summed E-state index contributed by atoms with van der Waals surface area (Å²) in [6, 6.07) is 19.1. The van der Waals surface area contributed by atoms with Gasteiger partial charge in [0.2, 0.25) is 5.90 Å². The van der Waals surface area contributed by atoms with Crippen molar-refractivity contribution in [2.45, 2.75) is 127 Å². The molecule has 4 rings (SSSR count). The molecule has 3 amide bonds. The van der Waals surface area contributed by atoms with Crippen molar-refractivity contribution in [1.82, 2.24) is 5.32 Å². The van der Waals surface area contributed by atoms with Gasteiger partial charge in [-0.25, -0.2) is 0 Å². The van der Waals surface area contributed by atoms with Crippen LogP contribution in [0.4, 0.5) is 11.4 Å². The number of nitrogens with zero attached hydrogens (tertiary/aromatic N) is 2. The van der Waals surface area contributed by atoms with Gasteiger partial charge in [0.25, 0.3) is 17.7 Å². The van der Waals surface area contributed by atoms with Gasteiger partial charge in [0.05, 0.1) is 26.5 Å². The van der Waals surface area contributed by atoms with E-state index < -0.39 is 5.25 Å². The largest absolute Gasteiger partial charge is 0.497 e. The highest BCUT2D eigenvalue weighted by atomic mass is 32.2. The summed E-state index contributed by atoms with van der Waals surface area (Å²) in [4.78, 5) is 40.4. The number of nitrogens with one attached hydrogen (secondary N) is 2. The number of anilines is 2. The van der Waals surface area contributed by atoms with Crippen LogP contribution in [0.5, 0.6) is 11.5 Å². The smallest absolute Gasteiger partial charge is 0.270 e. The van der Waals surface area contributed by atoms with Crippen LogP contribution in [0.3, 0.4) is 0 Å². The molecule has 2 N–H and O–H groups in total. The van der Waals surface area contributed by atoms with Gasteiger partial charge in [-0.1, -0.05) is 109 Å². The van der Waals surface area contributed by atoms with Gasteiger partial charge in [-0.2, -0.15) is 5.01 Å². The summed E-state index contributed by atoms with van der Waals surface area (Å²) in [6.07, 6.45) is 21.0. The van der Waals surface area contributed by atoms with Gasteiger partial charge in [0.1, 0.15) is 11.5 Å². The van der Waals surface area contributed by atoms with Crippen molar-refractivity contribution >= 4 is 46.8 Å². The molecule has 0 aromatic heterocycles. The molecule has 1 atom stereocenters. The first kappa shape index (κ1) is 44.2. The number of hydrogen-bond donors (Lipinski definition) is 2. The van der Waals surface area contributed by atoms with E-state index in [1.54, 1.807) is 48.5 Å². The lowest BCUT2D eigenvalue weighted by Crippen LogP contribution is -2.30. The number of unbranched alkanes of at least 4 members (excludes halogenated alkanes) is 15. The molecule has 0 saturated carbocycles. The second kappa shape index (κ2) is 24.9. The standard InChI is InChI=1S/C45H62N4O6S/c1-5-7-8-9-10-11-12-13-14-15-16-17-18-19-20-21-29-46-42(50)34-23-22-24-40(32-34)56-41-44(55-6-2)48-49(45(41)52)37-27-25-36(26-28-37)47-43(51)35-30-38(53-3)33-39(31-35)54-4/h22-28,30-33,41H,5-21,29H2,1-4H3,(H,46,50)(H,47,51). The second-order valence-electron chi connectivity index (χ2n) is 14.2. The molecule has 304 valence electrons. The van der Waals surface area contributed by atoms with Crippen molar-refractivity contribution in [3.8, 4) is 11.5 Å². The van der Waals surface area contributed by atoms with Crippen LogP contribution in [0.15, 0.2) is 76.7 Å². The lowest BCUT2D eigenvalue weighted by Gasteiger charge is -2.15. The van der Waals surface area contributed by atoms with E-state index in [1.807, 2.05) is 25.1 Å². The van der Waals surface area contributed by atoms with Crippen LogP contribution >= 0.6 is 11.8 Å². The zero-order valence-electron chi connectivity index (χ0n) is 33.9. The van der Waals surface area contributed by atoms with Crippen molar-refractivity contribution in [1.29, 1.82) is 0 Å². The molecule has 3 aromatic rings. The van der Waals surface area contributed by atoms with E-state index >= 15 is 0 Å². The molecule has 0 radical (unpaired) electrons. The minimum Gasteiger partial charge on any atom is -0.497 e. The van der Waals surface area contributed by atoms with Crippen molar-refractivity contribution in [3.63, 3.8) is 0 Å². The maximum Gasteiger partial charge on any atom is 0.270 e. The molecule has 3 aromatic carbocycles. The van der Waals surface area contributed by atoms with E-state index in [9.17, 15) is 14.4 Å². The Morgan fingerprint density at radius 1 is 0.696 bits per heavy atom. The van der Waals surface area contributed by atoms with Gasteiger partial charge < -0.3 is 24.8 Å². The number of hydrogen-bond acceptors (Lipinski definition) is 8. The topological polar surface area (TPSA) is 119 Å². The quantitative estimate of drug-likeness (QED) is 0.0778. The third kappa shape index (κ3) is 14.5. The summed E-state index contributed by atoms with van der Waals surface area (Å²) in [5.41, 5.74) is 1.99. The molecule has 0 spiro atoms. The average Bonchev–Trinajstić information content (AvgIpc) is 3.52. The van der Waals surface area contributed by atoms with Gasteiger partial charge >= 0.3 is 0 Å². The first-order valence-electron chi connectivity index (χ1n) is 20.6. The lowest BCUT2D eigenvalue weighted by molar-refractivity contribution is -0.116. The van der Waals surface area contributed by atoms with Crippen molar-refractivity contribution < 1.29 is 28.6 Å². The van der Waals surface area contributed by atoms with Crippen LogP contribution < -0.4 is 25.1 Å². The van der Waals surface area contributed by atoms with E-state index in [0.29, 0.717) is 53.1 Å². The molecule has 1 heterocycles. The Balaban J connectivity index is 1.18. The fourth-order valence-electron chi connectivity index (χ4n) is 6.61. The summed E-state index contributed by atoms with van der Waals surface area (Å²) in [5, 5.41) is 11.0. The number of carbonyl (C=O) groups is 3. The number of rotatable bonds is 26. The number of amides is 3. The number of thioether (sulfide) groups is 1. The van der Waals surface area contributed by atoms with Gasteiger partial charge in [-0.15, -0.1) is 16.9 Å². The number of methoxy groups -OCH3 is 2. The monoisotopic (exact) mass is 786 g/mol. The summed E-state index contributed by atoms with van der Waals surface area (Å²) < 4.78 is 16.4. The summed E-state index contributed by atoms with van der Waals surface area (Å²) >= 11 is 1.30.